The molecule has 0 spiro atoms. The summed E-state index contributed by atoms with van der Waals surface area (Å²) in [6.07, 6.45) is 0. The monoisotopic (exact) mass is 312 g/mol. The molecule has 4 heteroatoms. The summed E-state index contributed by atoms with van der Waals surface area (Å²) in [4.78, 5) is 19.2. The molecule has 0 fully saturated rings. The van der Waals surface area contributed by atoms with E-state index < -0.39 is 0 Å². The van der Waals surface area contributed by atoms with Gasteiger partial charge in [-0.05, 0) is 18.2 Å². The van der Waals surface area contributed by atoms with Crippen LogP contribution in [0.3, 0.4) is 0 Å². The molecule has 5 rings (SSSR count). The van der Waals surface area contributed by atoms with Crippen molar-refractivity contribution in [2.24, 2.45) is 0 Å². The third-order valence-corrected chi connectivity index (χ3v) is 4.29. The molecule has 1 N–H and O–H groups in total. The van der Waals surface area contributed by atoms with E-state index in [-0.39, 0.29) is 5.69 Å². The molecule has 0 aliphatic rings. The van der Waals surface area contributed by atoms with Crippen molar-refractivity contribution >= 4 is 32.8 Å². The number of hydrogen-bond donors (Lipinski definition) is 1. The van der Waals surface area contributed by atoms with Crippen LogP contribution in [0.4, 0.5) is 0 Å². The zero-order valence-electron chi connectivity index (χ0n) is 12.6. The third-order valence-electron chi connectivity index (χ3n) is 4.29. The number of nitrogens with one attached hydrogen (secondary N) is 1. The Morgan fingerprint density at radius 3 is 2.42 bits per heavy atom. The summed E-state index contributed by atoms with van der Waals surface area (Å²) in [5.74, 6) is 0. The van der Waals surface area contributed by atoms with E-state index in [9.17, 15) is 4.79 Å². The van der Waals surface area contributed by atoms with E-state index in [1.165, 1.54) is 0 Å². The van der Waals surface area contributed by atoms with Crippen LogP contribution in [-0.4, -0.2) is 9.97 Å². The molecule has 24 heavy (non-hydrogen) atoms. The van der Waals surface area contributed by atoms with Gasteiger partial charge >= 0.3 is 5.69 Å². The molecule has 0 unspecified atom stereocenters. The number of H-pyrrole nitrogens is 1. The van der Waals surface area contributed by atoms with E-state index in [4.69, 9.17) is 4.42 Å². The summed E-state index contributed by atoms with van der Waals surface area (Å²) in [5.41, 5.74) is 3.36. The van der Waals surface area contributed by atoms with Gasteiger partial charge in [0.05, 0.1) is 11.2 Å². The number of hydrogen-bond acceptors (Lipinski definition) is 3. The average Bonchev–Trinajstić information content (AvgIpc) is 3.01. The van der Waals surface area contributed by atoms with Gasteiger partial charge in [0, 0.05) is 21.7 Å². The minimum atomic E-state index is -0.380. The summed E-state index contributed by atoms with van der Waals surface area (Å²) >= 11 is 0. The zero-order valence-corrected chi connectivity index (χ0v) is 12.6. The van der Waals surface area contributed by atoms with Crippen molar-refractivity contribution in [3.8, 4) is 11.3 Å². The van der Waals surface area contributed by atoms with E-state index in [0.29, 0.717) is 16.8 Å². The lowest BCUT2D eigenvalue weighted by atomic mass is 10.0. The first kappa shape index (κ1) is 13.1. The van der Waals surface area contributed by atoms with Gasteiger partial charge in [-0.2, -0.15) is 4.98 Å². The smallest absolute Gasteiger partial charge is 0.346 e. The SMILES string of the molecule is O=c1nc(-c2ccccc2)c2ccc3c4ccccc4oc3c2[nH]1. The Kier molecular flexibility index (Phi) is 2.61. The van der Waals surface area contributed by atoms with Gasteiger partial charge in [-0.25, -0.2) is 4.79 Å². The Labute approximate surface area is 136 Å². The van der Waals surface area contributed by atoms with Crippen LogP contribution in [0.25, 0.3) is 44.1 Å². The van der Waals surface area contributed by atoms with Crippen molar-refractivity contribution < 1.29 is 4.42 Å². The number of furan rings is 1. The van der Waals surface area contributed by atoms with Crippen LogP contribution in [0.5, 0.6) is 0 Å². The predicted molar refractivity (Wildman–Crippen MR) is 95.1 cm³/mol. The Morgan fingerprint density at radius 1 is 0.792 bits per heavy atom. The summed E-state index contributed by atoms with van der Waals surface area (Å²) in [5, 5.41) is 2.89. The number of benzene rings is 3. The van der Waals surface area contributed by atoms with Crippen LogP contribution >= 0.6 is 0 Å². The maximum absolute atomic E-state index is 12.1. The number of para-hydroxylation sites is 1. The number of fused-ring (bicyclic) bond motifs is 5. The first-order valence-electron chi connectivity index (χ1n) is 7.71. The molecule has 4 nitrogen and oxygen atoms in total. The van der Waals surface area contributed by atoms with Gasteiger partial charge in [0.15, 0.2) is 5.58 Å². The largest absolute Gasteiger partial charge is 0.454 e. The van der Waals surface area contributed by atoms with E-state index in [1.807, 2.05) is 66.7 Å². The van der Waals surface area contributed by atoms with E-state index >= 15 is 0 Å². The first-order valence-corrected chi connectivity index (χ1v) is 7.71. The molecule has 0 aliphatic heterocycles. The molecule has 0 radical (unpaired) electrons. The molecule has 114 valence electrons. The second-order valence-electron chi connectivity index (χ2n) is 5.72. The molecular weight excluding hydrogens is 300 g/mol. The Morgan fingerprint density at radius 2 is 1.54 bits per heavy atom. The lowest BCUT2D eigenvalue weighted by Crippen LogP contribution is -2.11. The quantitative estimate of drug-likeness (QED) is 0.496. The number of rotatable bonds is 1. The minimum absolute atomic E-state index is 0.380. The van der Waals surface area contributed by atoms with Gasteiger partial charge in [0.1, 0.15) is 5.58 Å². The van der Waals surface area contributed by atoms with Crippen molar-refractivity contribution in [2.75, 3.05) is 0 Å². The molecule has 5 aromatic rings. The van der Waals surface area contributed by atoms with Crippen molar-refractivity contribution in [2.45, 2.75) is 0 Å². The van der Waals surface area contributed by atoms with Gasteiger partial charge in [-0.1, -0.05) is 48.5 Å². The molecule has 0 amide bonds. The van der Waals surface area contributed by atoms with Crippen molar-refractivity contribution in [3.05, 3.63) is 77.2 Å². The van der Waals surface area contributed by atoms with Crippen molar-refractivity contribution in [1.82, 2.24) is 9.97 Å². The molecule has 0 saturated carbocycles. The zero-order chi connectivity index (χ0) is 16.1. The highest BCUT2D eigenvalue weighted by Gasteiger charge is 2.14. The highest BCUT2D eigenvalue weighted by atomic mass is 16.3. The van der Waals surface area contributed by atoms with E-state index in [0.717, 1.165) is 27.3 Å². The summed E-state index contributed by atoms with van der Waals surface area (Å²) in [7, 11) is 0. The van der Waals surface area contributed by atoms with Gasteiger partial charge in [-0.15, -0.1) is 0 Å². The van der Waals surface area contributed by atoms with Crippen LogP contribution in [0.15, 0.2) is 75.9 Å². The second kappa shape index (κ2) is 4.80. The molecule has 2 heterocycles. The normalized spacial score (nSPS) is 11.5. The Bertz CT molecular complexity index is 1270. The highest BCUT2D eigenvalue weighted by molar-refractivity contribution is 6.15. The molecule has 2 aromatic heterocycles. The van der Waals surface area contributed by atoms with Crippen LogP contribution in [0, 0.1) is 0 Å². The fourth-order valence-electron chi connectivity index (χ4n) is 3.22. The molecule has 0 atom stereocenters. The summed E-state index contributed by atoms with van der Waals surface area (Å²) in [6, 6.07) is 21.6. The van der Waals surface area contributed by atoms with Crippen LogP contribution in [0.2, 0.25) is 0 Å². The first-order chi connectivity index (χ1) is 11.8. The second-order valence-corrected chi connectivity index (χ2v) is 5.72. The highest BCUT2D eigenvalue weighted by Crippen LogP contribution is 2.35. The van der Waals surface area contributed by atoms with Crippen molar-refractivity contribution in [3.63, 3.8) is 0 Å². The van der Waals surface area contributed by atoms with Gasteiger partial charge < -0.3 is 9.40 Å². The van der Waals surface area contributed by atoms with Crippen molar-refractivity contribution in [1.29, 1.82) is 0 Å². The van der Waals surface area contributed by atoms with Gasteiger partial charge in [0.2, 0.25) is 0 Å². The van der Waals surface area contributed by atoms with E-state index in [2.05, 4.69) is 9.97 Å². The average molecular weight is 312 g/mol. The number of aromatic amines is 1. The Balaban J connectivity index is 1.97. The maximum Gasteiger partial charge on any atom is 0.346 e. The minimum Gasteiger partial charge on any atom is -0.454 e. The van der Waals surface area contributed by atoms with Gasteiger partial charge in [-0.3, -0.25) is 0 Å². The fraction of sp³-hybridized carbons (Fsp3) is 0. The standard InChI is InChI=1S/C20H12N2O2/c23-20-21-17(12-6-2-1-3-7-12)15-11-10-14-13-8-4-5-9-16(13)24-19(14)18(15)22-20/h1-11H,(H,21,22,23). The topological polar surface area (TPSA) is 58.9 Å². The van der Waals surface area contributed by atoms with Crippen LogP contribution < -0.4 is 5.69 Å². The van der Waals surface area contributed by atoms with E-state index in [1.54, 1.807) is 0 Å². The Hall–Kier alpha value is -3.40. The predicted octanol–water partition coefficient (Wildman–Crippen LogP) is 4.49. The number of nitrogens with zero attached hydrogens (tertiary/aromatic N) is 1. The fourth-order valence-corrected chi connectivity index (χ4v) is 3.22. The summed E-state index contributed by atoms with van der Waals surface area (Å²) < 4.78 is 6.01. The molecule has 0 bridgehead atoms. The van der Waals surface area contributed by atoms with Crippen LogP contribution in [0.1, 0.15) is 0 Å². The van der Waals surface area contributed by atoms with Crippen LogP contribution in [-0.2, 0) is 0 Å². The maximum atomic E-state index is 12.1. The molecular formula is C20H12N2O2. The molecule has 3 aromatic carbocycles. The third kappa shape index (κ3) is 1.80. The lowest BCUT2D eigenvalue weighted by molar-refractivity contribution is 0.671. The molecule has 0 aliphatic carbocycles. The number of aromatic nitrogens is 2. The molecule has 0 saturated heterocycles. The summed E-state index contributed by atoms with van der Waals surface area (Å²) in [6.45, 7) is 0. The lowest BCUT2D eigenvalue weighted by Gasteiger charge is -2.05. The van der Waals surface area contributed by atoms with Gasteiger partial charge in [0.25, 0.3) is 0 Å².